The van der Waals surface area contributed by atoms with Gasteiger partial charge < -0.3 is 10.4 Å². The molecule has 0 aliphatic carbocycles. The van der Waals surface area contributed by atoms with Crippen LogP contribution in [0.5, 0.6) is 0 Å². The van der Waals surface area contributed by atoms with Crippen molar-refractivity contribution >= 4 is 33.2 Å². The van der Waals surface area contributed by atoms with Crippen molar-refractivity contribution in [3.8, 4) is 0 Å². The molecule has 0 heterocycles. The van der Waals surface area contributed by atoms with Gasteiger partial charge in [-0.2, -0.15) is 13.2 Å². The van der Waals surface area contributed by atoms with Crippen molar-refractivity contribution in [3.05, 3.63) is 28.0 Å². The molecule has 0 saturated carbocycles. The fourth-order valence-corrected chi connectivity index (χ4v) is 1.75. The van der Waals surface area contributed by atoms with Crippen molar-refractivity contribution < 1.29 is 22.7 Å². The molecule has 0 spiro atoms. The molecule has 1 atom stereocenters. The molecule has 2 N–H and O–H groups in total. The zero-order valence-electron chi connectivity index (χ0n) is 8.86. The van der Waals surface area contributed by atoms with Gasteiger partial charge in [-0.1, -0.05) is 0 Å². The van der Waals surface area contributed by atoms with Crippen molar-refractivity contribution in [3.63, 3.8) is 0 Å². The molecule has 1 aromatic carbocycles. The lowest BCUT2D eigenvalue weighted by Crippen LogP contribution is -2.21. The number of halogens is 6. The third kappa shape index (κ3) is 4.00. The molecule has 0 aromatic heterocycles. The first-order valence-electron chi connectivity index (χ1n) is 4.80. The van der Waals surface area contributed by atoms with E-state index in [2.05, 4.69) is 21.2 Å². The van der Waals surface area contributed by atoms with E-state index in [4.69, 9.17) is 16.7 Å². The van der Waals surface area contributed by atoms with Crippen LogP contribution in [0.2, 0.25) is 0 Å². The van der Waals surface area contributed by atoms with E-state index < -0.39 is 28.1 Å². The third-order valence-electron chi connectivity index (χ3n) is 2.05. The molecule has 0 radical (unpaired) electrons. The summed E-state index contributed by atoms with van der Waals surface area (Å²) in [4.78, 5) is 0. The van der Waals surface area contributed by atoms with Crippen molar-refractivity contribution in [1.82, 2.24) is 0 Å². The molecule has 8 heteroatoms. The average molecular weight is 351 g/mol. The maximum absolute atomic E-state index is 13.3. The normalized spacial score (nSPS) is 13.5. The van der Waals surface area contributed by atoms with Gasteiger partial charge in [-0.25, -0.2) is 4.39 Å². The van der Waals surface area contributed by atoms with Crippen LogP contribution in [0.25, 0.3) is 0 Å². The summed E-state index contributed by atoms with van der Waals surface area (Å²) in [5, 5.41) is 11.6. The number of hydrogen-bond acceptors (Lipinski definition) is 2. The first kappa shape index (κ1) is 15.5. The first-order chi connectivity index (χ1) is 8.25. The van der Waals surface area contributed by atoms with E-state index in [1.54, 1.807) is 0 Å². The molecule has 2 nitrogen and oxygen atoms in total. The fraction of sp³-hybridized carbons (Fsp3) is 0.400. The molecule has 0 aliphatic heterocycles. The summed E-state index contributed by atoms with van der Waals surface area (Å²) < 4.78 is 50.4. The molecular formula is C10H9BrClF4NO. The lowest BCUT2D eigenvalue weighted by Gasteiger charge is -2.14. The Morgan fingerprint density at radius 3 is 2.50 bits per heavy atom. The number of hydrogen-bond donors (Lipinski definition) is 2. The van der Waals surface area contributed by atoms with Gasteiger partial charge >= 0.3 is 6.18 Å². The Kier molecular flexibility index (Phi) is 5.24. The molecule has 0 amide bonds. The molecule has 1 rings (SSSR count). The predicted octanol–water partition coefficient (Wildman–Crippen LogP) is 3.62. The van der Waals surface area contributed by atoms with Crippen LogP contribution in [-0.2, 0) is 6.18 Å². The summed E-state index contributed by atoms with van der Waals surface area (Å²) in [5.41, 5.74) is -1.20. The number of nitrogens with one attached hydrogen (secondary N) is 1. The SMILES string of the molecule is OC(CCl)CNc1cc(F)c(Br)c(C(F)(F)F)c1. The van der Waals surface area contributed by atoms with E-state index in [9.17, 15) is 17.6 Å². The van der Waals surface area contributed by atoms with E-state index in [0.29, 0.717) is 0 Å². The quantitative estimate of drug-likeness (QED) is 0.642. The topological polar surface area (TPSA) is 32.3 Å². The molecule has 0 bridgehead atoms. The Morgan fingerprint density at radius 2 is 2.00 bits per heavy atom. The number of anilines is 1. The fourth-order valence-electron chi connectivity index (χ4n) is 1.19. The van der Waals surface area contributed by atoms with Gasteiger partial charge in [0.15, 0.2) is 0 Å². The zero-order valence-corrected chi connectivity index (χ0v) is 11.2. The number of aliphatic hydroxyl groups is 1. The van der Waals surface area contributed by atoms with Gasteiger partial charge in [-0.05, 0) is 28.1 Å². The van der Waals surface area contributed by atoms with Crippen LogP contribution in [-0.4, -0.2) is 23.6 Å². The summed E-state index contributed by atoms with van der Waals surface area (Å²) in [6.45, 7) is -0.0676. The number of benzene rings is 1. The molecule has 18 heavy (non-hydrogen) atoms. The molecule has 1 aromatic rings. The monoisotopic (exact) mass is 349 g/mol. The van der Waals surface area contributed by atoms with Gasteiger partial charge in [0.05, 0.1) is 22.0 Å². The summed E-state index contributed by atoms with van der Waals surface area (Å²) >= 11 is 7.88. The molecule has 0 saturated heterocycles. The number of aliphatic hydroxyl groups excluding tert-OH is 1. The Hall–Kier alpha value is -0.530. The zero-order chi connectivity index (χ0) is 13.9. The summed E-state index contributed by atoms with van der Waals surface area (Å²) in [6.07, 6.45) is -5.59. The van der Waals surface area contributed by atoms with E-state index in [1.165, 1.54) is 0 Å². The van der Waals surface area contributed by atoms with Crippen LogP contribution < -0.4 is 5.32 Å². The largest absolute Gasteiger partial charge is 0.417 e. The highest BCUT2D eigenvalue weighted by atomic mass is 79.9. The Bertz CT molecular complexity index is 427. The van der Waals surface area contributed by atoms with E-state index in [1.807, 2.05) is 0 Å². The van der Waals surface area contributed by atoms with Gasteiger partial charge in [0.25, 0.3) is 0 Å². The van der Waals surface area contributed by atoms with Gasteiger partial charge in [0, 0.05) is 12.2 Å². The molecule has 0 fully saturated rings. The molecular weight excluding hydrogens is 341 g/mol. The second-order valence-corrected chi connectivity index (χ2v) is 4.61. The van der Waals surface area contributed by atoms with Crippen molar-refractivity contribution in [2.24, 2.45) is 0 Å². The highest BCUT2D eigenvalue weighted by Crippen LogP contribution is 2.37. The summed E-state index contributed by atoms with van der Waals surface area (Å²) in [6, 6.07) is 1.66. The molecule has 1 unspecified atom stereocenters. The van der Waals surface area contributed by atoms with Crippen LogP contribution >= 0.6 is 27.5 Å². The standard InChI is InChI=1S/C10H9BrClF4NO/c11-9-7(10(14,15)16)1-5(2-8(9)13)17-4-6(18)3-12/h1-2,6,17-18H,3-4H2. The summed E-state index contributed by atoms with van der Waals surface area (Å²) in [5.74, 6) is -1.11. The predicted molar refractivity (Wildman–Crippen MR) is 64.3 cm³/mol. The van der Waals surface area contributed by atoms with Gasteiger partial charge in [-0.15, -0.1) is 11.6 Å². The van der Waals surface area contributed by atoms with Gasteiger partial charge in [-0.3, -0.25) is 0 Å². The first-order valence-corrected chi connectivity index (χ1v) is 6.12. The lowest BCUT2D eigenvalue weighted by molar-refractivity contribution is -0.138. The van der Waals surface area contributed by atoms with E-state index >= 15 is 0 Å². The van der Waals surface area contributed by atoms with E-state index in [-0.39, 0.29) is 18.1 Å². The minimum atomic E-state index is -4.66. The van der Waals surface area contributed by atoms with Crippen molar-refractivity contribution in [1.29, 1.82) is 0 Å². The van der Waals surface area contributed by atoms with Crippen LogP contribution in [0.3, 0.4) is 0 Å². The Morgan fingerprint density at radius 1 is 1.39 bits per heavy atom. The van der Waals surface area contributed by atoms with Crippen LogP contribution in [0.15, 0.2) is 16.6 Å². The maximum Gasteiger partial charge on any atom is 0.417 e. The Labute approximate surface area is 114 Å². The van der Waals surface area contributed by atoms with E-state index in [0.717, 1.165) is 12.1 Å². The highest BCUT2D eigenvalue weighted by molar-refractivity contribution is 9.10. The molecule has 0 aliphatic rings. The van der Waals surface area contributed by atoms with Crippen molar-refractivity contribution in [2.75, 3.05) is 17.7 Å². The maximum atomic E-state index is 13.3. The highest BCUT2D eigenvalue weighted by Gasteiger charge is 2.34. The minimum absolute atomic E-state index is 0.0676. The minimum Gasteiger partial charge on any atom is -0.390 e. The van der Waals surface area contributed by atoms with Gasteiger partial charge in [0.2, 0.25) is 0 Å². The van der Waals surface area contributed by atoms with Crippen LogP contribution in [0.1, 0.15) is 5.56 Å². The van der Waals surface area contributed by atoms with Gasteiger partial charge in [0.1, 0.15) is 5.82 Å². The lowest BCUT2D eigenvalue weighted by atomic mass is 10.2. The summed E-state index contributed by atoms with van der Waals surface area (Å²) in [7, 11) is 0. The number of alkyl halides is 4. The van der Waals surface area contributed by atoms with Crippen LogP contribution in [0, 0.1) is 5.82 Å². The van der Waals surface area contributed by atoms with Crippen molar-refractivity contribution in [2.45, 2.75) is 12.3 Å². The number of rotatable bonds is 4. The Balaban J connectivity index is 2.98. The smallest absolute Gasteiger partial charge is 0.390 e. The second-order valence-electron chi connectivity index (χ2n) is 3.51. The second kappa shape index (κ2) is 6.08. The average Bonchev–Trinajstić information content (AvgIpc) is 2.28. The van der Waals surface area contributed by atoms with Crippen LogP contribution in [0.4, 0.5) is 23.2 Å². The third-order valence-corrected chi connectivity index (χ3v) is 3.22. The molecule has 102 valence electrons.